The highest BCUT2D eigenvalue weighted by atomic mass is 35.7. The summed E-state index contributed by atoms with van der Waals surface area (Å²) in [6.45, 7) is 10.0. The number of aryl methyl sites for hydroxylation is 2. The maximum atomic E-state index is 12.7. The van der Waals surface area contributed by atoms with Crippen LogP contribution in [0.2, 0.25) is 0 Å². The standard InChI is InChI=1S/C24H36N8O2S.C19H25N7.C5H12ClNO2S/c1-19-26-27-24-22(17-23(28-32(19)24)30(4)18-20-9-6-5-7-10-20)25-21-11-14-31(15-12-21)35(33,34)16-8-13-29(2)3;1-14-22-23-19-17(21-16-8-10-20-11-9-16)12-18(24-26(14)19)25(2)13-15-6-4-3-5-7-15;1-7(2)4-3-5-10(6,8)9/h5-7,9-10,17,21,25H,8,11-16,18H2,1-4H3;3-7,12,16,20-21H,8-11,13H2,1-2H3;3-5H2,1-2H3. The van der Waals surface area contributed by atoms with Gasteiger partial charge in [0.1, 0.15) is 0 Å². The summed E-state index contributed by atoms with van der Waals surface area (Å²) >= 11 is 0. The van der Waals surface area contributed by atoms with Crippen molar-refractivity contribution in [3.05, 3.63) is 95.6 Å². The SMILES string of the molecule is CN(C)CCCS(=O)(=O)Cl.Cc1nnc2c(NC3CCN(S(=O)(=O)CCCN(C)C)CC3)cc(N(C)Cc3ccccc3)nn12.Cc1nnc2c(NC3CCNCC3)cc(N(C)Cc3ccccc3)nn12. The van der Waals surface area contributed by atoms with E-state index < -0.39 is 19.1 Å². The number of anilines is 4. The molecule has 6 heterocycles. The zero-order valence-corrected chi connectivity index (χ0v) is 44.9. The number of benzene rings is 2. The quantitative estimate of drug-likeness (QED) is 0.0917. The van der Waals surface area contributed by atoms with Crippen molar-refractivity contribution in [3.8, 4) is 0 Å². The Balaban J connectivity index is 0.000000201. The Morgan fingerprint density at radius 3 is 1.46 bits per heavy atom. The summed E-state index contributed by atoms with van der Waals surface area (Å²) in [6, 6.07) is 25.4. The van der Waals surface area contributed by atoms with Gasteiger partial charge in [0.2, 0.25) is 30.4 Å². The lowest BCUT2D eigenvalue weighted by molar-refractivity contribution is 0.328. The van der Waals surface area contributed by atoms with Crippen molar-refractivity contribution in [1.82, 2.24) is 59.0 Å². The van der Waals surface area contributed by atoms with E-state index in [1.807, 2.05) is 93.7 Å². The molecular formula is C48H73ClN16O4S2. The lowest BCUT2D eigenvalue weighted by atomic mass is 10.1. The molecule has 0 spiro atoms. The van der Waals surface area contributed by atoms with Crippen LogP contribution in [0.15, 0.2) is 72.8 Å². The minimum atomic E-state index is -3.27. The maximum Gasteiger partial charge on any atom is 0.232 e. The summed E-state index contributed by atoms with van der Waals surface area (Å²) in [5.41, 5.74) is 5.79. The second-order valence-corrected chi connectivity index (χ2v) is 23.8. The van der Waals surface area contributed by atoms with Crippen molar-refractivity contribution in [2.24, 2.45) is 0 Å². The summed E-state index contributed by atoms with van der Waals surface area (Å²) < 4.78 is 51.4. The number of piperidine rings is 2. The summed E-state index contributed by atoms with van der Waals surface area (Å²) in [5.74, 6) is 3.49. The van der Waals surface area contributed by atoms with Gasteiger partial charge in [0, 0.05) is 75.2 Å². The molecule has 8 rings (SSSR count). The van der Waals surface area contributed by atoms with Crippen LogP contribution in [0.25, 0.3) is 11.3 Å². The summed E-state index contributed by atoms with van der Waals surface area (Å²) in [5, 5.41) is 37.3. The summed E-state index contributed by atoms with van der Waals surface area (Å²) in [4.78, 5) is 8.19. The van der Waals surface area contributed by atoms with Crippen LogP contribution < -0.4 is 25.8 Å². The van der Waals surface area contributed by atoms with Crippen LogP contribution >= 0.6 is 10.7 Å². The van der Waals surface area contributed by atoms with Crippen LogP contribution in [-0.4, -0.2) is 176 Å². The molecule has 2 fully saturated rings. The first-order valence-electron chi connectivity index (χ1n) is 24.2. The molecule has 23 heteroatoms. The van der Waals surface area contributed by atoms with Gasteiger partial charge in [-0.1, -0.05) is 60.7 Å². The van der Waals surface area contributed by atoms with Crippen molar-refractivity contribution in [1.29, 1.82) is 0 Å². The first-order valence-corrected chi connectivity index (χ1v) is 28.3. The van der Waals surface area contributed by atoms with Gasteiger partial charge in [-0.05, 0) is 118 Å². The molecule has 0 bridgehead atoms. The second-order valence-electron chi connectivity index (χ2n) is 18.8. The van der Waals surface area contributed by atoms with E-state index in [2.05, 4.69) is 95.7 Å². The Morgan fingerprint density at radius 1 is 0.620 bits per heavy atom. The van der Waals surface area contributed by atoms with Gasteiger partial charge in [0.25, 0.3) is 0 Å². The van der Waals surface area contributed by atoms with Gasteiger partial charge in [-0.3, -0.25) is 0 Å². The number of halogens is 1. The van der Waals surface area contributed by atoms with Gasteiger partial charge >= 0.3 is 0 Å². The van der Waals surface area contributed by atoms with E-state index in [0.29, 0.717) is 37.6 Å². The highest BCUT2D eigenvalue weighted by Gasteiger charge is 2.29. The summed E-state index contributed by atoms with van der Waals surface area (Å²) in [7, 11) is 10.3. The third-order valence-electron chi connectivity index (χ3n) is 12.2. The molecule has 0 unspecified atom stereocenters. The highest BCUT2D eigenvalue weighted by molar-refractivity contribution is 8.13. The van der Waals surface area contributed by atoms with Crippen LogP contribution in [0.5, 0.6) is 0 Å². The topological polar surface area (TPSA) is 207 Å². The molecule has 4 aromatic heterocycles. The molecule has 71 heavy (non-hydrogen) atoms. The lowest BCUT2D eigenvalue weighted by Gasteiger charge is -2.32. The molecule has 0 atom stereocenters. The van der Waals surface area contributed by atoms with E-state index in [1.54, 1.807) is 8.82 Å². The maximum absolute atomic E-state index is 12.7. The van der Waals surface area contributed by atoms with Gasteiger partial charge in [0.05, 0.1) is 22.9 Å². The Kier molecular flexibility index (Phi) is 20.1. The predicted octanol–water partition coefficient (Wildman–Crippen LogP) is 4.97. The van der Waals surface area contributed by atoms with Crippen molar-refractivity contribution in [2.75, 3.05) is 113 Å². The van der Waals surface area contributed by atoms with E-state index in [-0.39, 0.29) is 17.5 Å². The zero-order valence-electron chi connectivity index (χ0n) is 42.5. The fourth-order valence-corrected chi connectivity index (χ4v) is 10.7. The molecule has 0 aliphatic carbocycles. The fourth-order valence-electron chi connectivity index (χ4n) is 8.33. The normalized spacial score (nSPS) is 15.1. The molecule has 20 nitrogen and oxygen atoms in total. The molecule has 388 valence electrons. The average Bonchev–Trinajstić information content (AvgIpc) is 3.91. The van der Waals surface area contributed by atoms with Gasteiger partial charge in [0.15, 0.2) is 23.3 Å². The van der Waals surface area contributed by atoms with Crippen molar-refractivity contribution >= 4 is 64.1 Å². The molecular weight excluding hydrogens is 964 g/mol. The monoisotopic (exact) mass is 1040 g/mol. The van der Waals surface area contributed by atoms with E-state index in [4.69, 9.17) is 20.9 Å². The number of nitrogens with zero attached hydrogens (tertiary/aromatic N) is 13. The first-order chi connectivity index (χ1) is 33.8. The van der Waals surface area contributed by atoms with Crippen LogP contribution in [0.3, 0.4) is 0 Å². The average molecular weight is 1040 g/mol. The smallest absolute Gasteiger partial charge is 0.232 e. The third-order valence-corrected chi connectivity index (χ3v) is 15.4. The fraction of sp³-hybridized carbons (Fsp3) is 0.542. The van der Waals surface area contributed by atoms with Crippen molar-refractivity contribution in [2.45, 2.75) is 77.5 Å². The van der Waals surface area contributed by atoms with Crippen molar-refractivity contribution < 1.29 is 16.8 Å². The van der Waals surface area contributed by atoms with Crippen LogP contribution in [0.1, 0.15) is 61.3 Å². The minimum absolute atomic E-state index is 0.0622. The molecule has 0 radical (unpaired) electrons. The van der Waals surface area contributed by atoms with Crippen LogP contribution in [0, 0.1) is 13.8 Å². The molecule has 0 saturated carbocycles. The number of nitrogens with one attached hydrogen (secondary N) is 3. The van der Waals surface area contributed by atoms with Crippen LogP contribution in [-0.2, 0) is 32.2 Å². The zero-order chi connectivity index (χ0) is 51.1. The molecule has 2 aliphatic heterocycles. The minimum Gasteiger partial charge on any atom is -0.379 e. The first kappa shape index (κ1) is 55.1. The third kappa shape index (κ3) is 16.9. The Bertz CT molecular complexity index is 2800. The molecule has 2 saturated heterocycles. The largest absolute Gasteiger partial charge is 0.379 e. The number of hydrogen-bond donors (Lipinski definition) is 3. The summed E-state index contributed by atoms with van der Waals surface area (Å²) in [6.07, 6.45) is 4.94. The van der Waals surface area contributed by atoms with Crippen LogP contribution in [0.4, 0.5) is 23.0 Å². The van der Waals surface area contributed by atoms with Gasteiger partial charge in [-0.15, -0.1) is 30.6 Å². The van der Waals surface area contributed by atoms with E-state index in [1.165, 1.54) is 11.1 Å². The lowest BCUT2D eigenvalue weighted by Crippen LogP contribution is -2.43. The molecule has 2 aromatic carbocycles. The van der Waals surface area contributed by atoms with E-state index in [0.717, 1.165) is 105 Å². The Morgan fingerprint density at radius 2 is 1.04 bits per heavy atom. The second kappa shape index (κ2) is 25.9. The van der Waals surface area contributed by atoms with Gasteiger partial charge < -0.3 is 35.6 Å². The Labute approximate surface area is 424 Å². The van der Waals surface area contributed by atoms with Gasteiger partial charge in [-0.2, -0.15) is 9.03 Å². The molecule has 3 N–H and O–H groups in total. The predicted molar refractivity (Wildman–Crippen MR) is 286 cm³/mol. The number of hydrogen-bond acceptors (Lipinski definition) is 17. The Hall–Kier alpha value is -5.23. The highest BCUT2D eigenvalue weighted by Crippen LogP contribution is 2.27. The van der Waals surface area contributed by atoms with E-state index >= 15 is 0 Å². The molecule has 0 amide bonds. The van der Waals surface area contributed by atoms with Crippen molar-refractivity contribution in [3.63, 3.8) is 0 Å². The van der Waals surface area contributed by atoms with E-state index in [9.17, 15) is 16.8 Å². The number of sulfonamides is 1. The molecule has 6 aromatic rings. The van der Waals surface area contributed by atoms with Gasteiger partial charge in [-0.25, -0.2) is 21.1 Å². The number of rotatable bonds is 19. The molecule has 2 aliphatic rings. The number of fused-ring (bicyclic) bond motifs is 2. The number of aromatic nitrogens is 8.